The summed E-state index contributed by atoms with van der Waals surface area (Å²) in [6, 6.07) is 4.47. The second kappa shape index (κ2) is 5.24. The van der Waals surface area contributed by atoms with Crippen LogP contribution in [0.25, 0.3) is 0 Å². The van der Waals surface area contributed by atoms with Gasteiger partial charge in [-0.15, -0.1) is 0 Å². The molecule has 1 atom stereocenters. The molecule has 0 saturated carbocycles. The molecule has 0 aliphatic carbocycles. The molecule has 1 aliphatic heterocycles. The Morgan fingerprint density at radius 2 is 2.13 bits per heavy atom. The maximum absolute atomic E-state index is 5.87. The number of aromatic nitrogens is 1. The number of nitrogens with two attached hydrogens (primary N) is 1. The molecular weight excluding hydrogens is 186 g/mol. The first-order valence-electron chi connectivity index (χ1n) is 5.76. The van der Waals surface area contributed by atoms with Crippen LogP contribution in [0.1, 0.15) is 30.9 Å². The van der Waals surface area contributed by atoms with Crippen molar-refractivity contribution >= 4 is 0 Å². The fourth-order valence-electron chi connectivity index (χ4n) is 2.30. The third-order valence-electron chi connectivity index (χ3n) is 3.12. The van der Waals surface area contributed by atoms with Crippen molar-refractivity contribution in [3.8, 4) is 0 Å². The lowest BCUT2D eigenvalue weighted by Crippen LogP contribution is -2.37. The number of hydrogen-bond donors (Lipinski definition) is 1. The summed E-state index contributed by atoms with van der Waals surface area (Å²) in [6.45, 7) is 3.04. The van der Waals surface area contributed by atoms with Gasteiger partial charge >= 0.3 is 0 Å². The highest BCUT2D eigenvalue weighted by Gasteiger charge is 2.20. The van der Waals surface area contributed by atoms with E-state index in [0.717, 1.165) is 0 Å². The summed E-state index contributed by atoms with van der Waals surface area (Å²) in [4.78, 5) is 6.65. The van der Waals surface area contributed by atoms with Crippen molar-refractivity contribution in [3.63, 3.8) is 0 Å². The molecule has 0 unspecified atom stereocenters. The molecule has 0 aromatic carbocycles. The fourth-order valence-corrected chi connectivity index (χ4v) is 2.30. The van der Waals surface area contributed by atoms with Crippen molar-refractivity contribution in [3.05, 3.63) is 30.1 Å². The maximum Gasteiger partial charge on any atom is 0.0485 e. The van der Waals surface area contributed by atoms with Gasteiger partial charge in [0.25, 0.3) is 0 Å². The third kappa shape index (κ3) is 2.55. The SMILES string of the molecule is NC[C@@H](c1cccnc1)N1CCCCC1. The topological polar surface area (TPSA) is 42.1 Å². The Balaban J connectivity index is 2.09. The molecule has 1 aromatic rings. The van der Waals surface area contributed by atoms with Gasteiger partial charge in [-0.3, -0.25) is 9.88 Å². The minimum absolute atomic E-state index is 0.360. The van der Waals surface area contributed by atoms with E-state index in [1.807, 2.05) is 18.5 Å². The second-order valence-electron chi connectivity index (χ2n) is 4.13. The zero-order valence-corrected chi connectivity index (χ0v) is 9.10. The molecule has 3 nitrogen and oxygen atoms in total. The molecule has 82 valence electrons. The third-order valence-corrected chi connectivity index (χ3v) is 3.12. The zero-order valence-electron chi connectivity index (χ0n) is 9.10. The molecule has 0 amide bonds. The molecule has 15 heavy (non-hydrogen) atoms. The van der Waals surface area contributed by atoms with E-state index >= 15 is 0 Å². The van der Waals surface area contributed by atoms with Gasteiger partial charge in [-0.2, -0.15) is 0 Å². The number of pyridine rings is 1. The van der Waals surface area contributed by atoms with E-state index in [-0.39, 0.29) is 0 Å². The van der Waals surface area contributed by atoms with Gasteiger partial charge in [-0.1, -0.05) is 12.5 Å². The highest BCUT2D eigenvalue weighted by atomic mass is 15.2. The van der Waals surface area contributed by atoms with Crippen LogP contribution in [-0.2, 0) is 0 Å². The molecule has 2 rings (SSSR count). The van der Waals surface area contributed by atoms with Gasteiger partial charge in [0.05, 0.1) is 0 Å². The summed E-state index contributed by atoms with van der Waals surface area (Å²) in [6.07, 6.45) is 7.72. The van der Waals surface area contributed by atoms with E-state index in [9.17, 15) is 0 Å². The van der Waals surface area contributed by atoms with Crippen LogP contribution >= 0.6 is 0 Å². The average Bonchev–Trinajstić information content (AvgIpc) is 2.33. The van der Waals surface area contributed by atoms with E-state index in [2.05, 4.69) is 16.0 Å². The molecule has 2 N–H and O–H groups in total. The molecule has 1 aromatic heterocycles. The van der Waals surface area contributed by atoms with E-state index in [1.165, 1.54) is 37.9 Å². The highest BCUT2D eigenvalue weighted by molar-refractivity contribution is 5.14. The number of nitrogens with zero attached hydrogens (tertiary/aromatic N) is 2. The van der Waals surface area contributed by atoms with Crippen molar-refractivity contribution in [1.82, 2.24) is 9.88 Å². The van der Waals surface area contributed by atoms with E-state index in [0.29, 0.717) is 12.6 Å². The second-order valence-corrected chi connectivity index (χ2v) is 4.13. The fraction of sp³-hybridized carbons (Fsp3) is 0.583. The van der Waals surface area contributed by atoms with Crippen molar-refractivity contribution in [2.45, 2.75) is 25.3 Å². The predicted octanol–water partition coefficient (Wildman–Crippen LogP) is 1.57. The Morgan fingerprint density at radius 1 is 1.33 bits per heavy atom. The Kier molecular flexibility index (Phi) is 3.69. The quantitative estimate of drug-likeness (QED) is 0.814. The summed E-state index contributed by atoms with van der Waals surface area (Å²) in [5.41, 5.74) is 7.12. The Hall–Kier alpha value is -0.930. The monoisotopic (exact) mass is 205 g/mol. The average molecular weight is 205 g/mol. The summed E-state index contributed by atoms with van der Waals surface area (Å²) in [7, 11) is 0. The highest BCUT2D eigenvalue weighted by Crippen LogP contribution is 2.22. The molecule has 0 spiro atoms. The number of hydrogen-bond acceptors (Lipinski definition) is 3. The summed E-state index contributed by atoms with van der Waals surface area (Å²) >= 11 is 0. The van der Waals surface area contributed by atoms with Gasteiger partial charge < -0.3 is 5.73 Å². The van der Waals surface area contributed by atoms with E-state index in [1.54, 1.807) is 0 Å². The van der Waals surface area contributed by atoms with Crippen molar-refractivity contribution in [2.75, 3.05) is 19.6 Å². The van der Waals surface area contributed by atoms with Gasteiger partial charge in [-0.25, -0.2) is 0 Å². The van der Waals surface area contributed by atoms with E-state index in [4.69, 9.17) is 5.73 Å². The van der Waals surface area contributed by atoms with Gasteiger partial charge in [0.15, 0.2) is 0 Å². The molecule has 1 saturated heterocycles. The summed E-state index contributed by atoms with van der Waals surface area (Å²) in [5, 5.41) is 0. The Labute approximate surface area is 91.3 Å². The number of piperidine rings is 1. The largest absolute Gasteiger partial charge is 0.329 e. The summed E-state index contributed by atoms with van der Waals surface area (Å²) in [5.74, 6) is 0. The smallest absolute Gasteiger partial charge is 0.0485 e. The molecule has 0 radical (unpaired) electrons. The van der Waals surface area contributed by atoms with Crippen LogP contribution in [0.2, 0.25) is 0 Å². The van der Waals surface area contributed by atoms with Gasteiger partial charge in [0, 0.05) is 25.0 Å². The number of rotatable bonds is 3. The molecule has 0 bridgehead atoms. The first-order chi connectivity index (χ1) is 7.42. The van der Waals surface area contributed by atoms with Gasteiger partial charge in [-0.05, 0) is 37.6 Å². The van der Waals surface area contributed by atoms with Crippen LogP contribution in [0, 0.1) is 0 Å². The lowest BCUT2D eigenvalue weighted by atomic mass is 10.0. The molecule has 1 aliphatic rings. The van der Waals surface area contributed by atoms with Gasteiger partial charge in [0.1, 0.15) is 0 Å². The van der Waals surface area contributed by atoms with Crippen LogP contribution in [0.4, 0.5) is 0 Å². The number of likely N-dealkylation sites (tertiary alicyclic amines) is 1. The maximum atomic E-state index is 5.87. The predicted molar refractivity (Wildman–Crippen MR) is 61.5 cm³/mol. The minimum Gasteiger partial charge on any atom is -0.329 e. The molecular formula is C12H19N3. The van der Waals surface area contributed by atoms with Gasteiger partial charge in [0.2, 0.25) is 0 Å². The van der Waals surface area contributed by atoms with Crippen LogP contribution < -0.4 is 5.73 Å². The molecule has 2 heterocycles. The molecule has 3 heteroatoms. The summed E-state index contributed by atoms with van der Waals surface area (Å²) < 4.78 is 0. The van der Waals surface area contributed by atoms with Crippen LogP contribution in [0.15, 0.2) is 24.5 Å². The van der Waals surface area contributed by atoms with Crippen LogP contribution in [0.3, 0.4) is 0 Å². The molecule has 1 fully saturated rings. The first-order valence-corrected chi connectivity index (χ1v) is 5.76. The van der Waals surface area contributed by atoms with Crippen LogP contribution in [0.5, 0.6) is 0 Å². The van der Waals surface area contributed by atoms with Crippen molar-refractivity contribution < 1.29 is 0 Å². The zero-order chi connectivity index (χ0) is 10.5. The lowest BCUT2D eigenvalue weighted by molar-refractivity contribution is 0.167. The minimum atomic E-state index is 0.360. The Bertz CT molecular complexity index is 280. The Morgan fingerprint density at radius 3 is 2.73 bits per heavy atom. The van der Waals surface area contributed by atoms with Crippen molar-refractivity contribution in [1.29, 1.82) is 0 Å². The van der Waals surface area contributed by atoms with Crippen LogP contribution in [-0.4, -0.2) is 29.5 Å². The normalized spacial score (nSPS) is 20.1. The lowest BCUT2D eigenvalue weighted by Gasteiger charge is -2.33. The first kappa shape index (κ1) is 10.6. The van der Waals surface area contributed by atoms with E-state index < -0.39 is 0 Å². The standard InChI is InChI=1S/C12H19N3/c13-9-12(11-5-4-6-14-10-11)15-7-2-1-3-8-15/h4-6,10,12H,1-3,7-9,13H2/t12-/m0/s1. The van der Waals surface area contributed by atoms with Crippen molar-refractivity contribution in [2.24, 2.45) is 5.73 Å².